The van der Waals surface area contributed by atoms with Crippen LogP contribution in [0.4, 0.5) is 5.69 Å². The van der Waals surface area contributed by atoms with Crippen LogP contribution >= 0.6 is 0 Å². The molecule has 2 aromatic carbocycles. The molecule has 48 heavy (non-hydrogen) atoms. The lowest BCUT2D eigenvalue weighted by atomic mass is 9.70. The summed E-state index contributed by atoms with van der Waals surface area (Å²) in [5.74, 6) is -1.57. The summed E-state index contributed by atoms with van der Waals surface area (Å²) in [6.07, 6.45) is 2.33. The lowest BCUT2D eigenvalue weighted by Gasteiger charge is -2.31. The largest absolute Gasteiger partial charge is 0.398 e. The Labute approximate surface area is 282 Å². The van der Waals surface area contributed by atoms with Crippen molar-refractivity contribution in [3.8, 4) is 5.69 Å². The zero-order valence-corrected chi connectivity index (χ0v) is 29.3. The Bertz CT molecular complexity index is 1780. The molecule has 1 saturated carbocycles. The second-order valence-corrected chi connectivity index (χ2v) is 14.6. The van der Waals surface area contributed by atoms with Gasteiger partial charge in [0.05, 0.1) is 5.92 Å². The highest BCUT2D eigenvalue weighted by atomic mass is 16.2. The Hall–Kier alpha value is -4.86. The highest BCUT2D eigenvalue weighted by molar-refractivity contribution is 6.07. The Morgan fingerprint density at radius 1 is 0.750 bits per heavy atom. The minimum atomic E-state index is -0.652. The van der Waals surface area contributed by atoms with Crippen molar-refractivity contribution in [2.75, 3.05) is 5.73 Å². The minimum absolute atomic E-state index is 0.0537. The molecule has 2 amide bonds. The number of nitrogens with zero attached hydrogens (tertiary/aromatic N) is 1. The summed E-state index contributed by atoms with van der Waals surface area (Å²) in [6, 6.07) is 12.4. The van der Waals surface area contributed by atoms with Crippen molar-refractivity contribution in [2.24, 2.45) is 28.2 Å². The number of benzene rings is 2. The second kappa shape index (κ2) is 14.5. The number of hydrogen-bond donors (Lipinski definition) is 3. The predicted octanol–water partition coefficient (Wildman–Crippen LogP) is 5.56. The normalized spacial score (nSPS) is 16.5. The number of aryl methyl sites for hydroxylation is 3. The van der Waals surface area contributed by atoms with Gasteiger partial charge in [-0.15, -0.1) is 0 Å². The van der Waals surface area contributed by atoms with Crippen LogP contribution in [-0.4, -0.2) is 39.5 Å². The van der Waals surface area contributed by atoms with Crippen LogP contribution in [0.2, 0.25) is 0 Å². The van der Waals surface area contributed by atoms with Crippen LogP contribution in [-0.2, 0) is 20.8 Å². The zero-order valence-electron chi connectivity index (χ0n) is 29.3. The van der Waals surface area contributed by atoms with Crippen LogP contribution < -0.4 is 17.2 Å². The number of ketones is 4. The van der Waals surface area contributed by atoms with E-state index in [1.54, 1.807) is 24.3 Å². The topological polar surface area (TPSA) is 185 Å². The highest BCUT2D eigenvalue weighted by Gasteiger charge is 2.39. The van der Waals surface area contributed by atoms with Crippen molar-refractivity contribution in [3.05, 3.63) is 81.7 Å². The summed E-state index contributed by atoms with van der Waals surface area (Å²) in [5.41, 5.74) is 23.0. The first-order chi connectivity index (χ1) is 22.1. The maximum absolute atomic E-state index is 12.5. The number of fused-ring (bicyclic) bond motifs is 1. The quantitative estimate of drug-likeness (QED) is 0.237. The third-order valence-corrected chi connectivity index (χ3v) is 8.75. The number of nitrogen functional groups attached to an aromatic ring is 1. The number of primary amides is 2. The number of carbonyl (C=O) groups is 6. The molecule has 0 aliphatic heterocycles. The Morgan fingerprint density at radius 3 is 1.75 bits per heavy atom. The fourth-order valence-electron chi connectivity index (χ4n) is 6.23. The number of Topliss-reactive ketones (excluding diaryl/α,β-unsaturated/α-hetero) is 4. The van der Waals surface area contributed by atoms with E-state index in [0.717, 1.165) is 40.2 Å². The van der Waals surface area contributed by atoms with E-state index in [0.29, 0.717) is 36.1 Å². The second-order valence-electron chi connectivity index (χ2n) is 14.6. The van der Waals surface area contributed by atoms with Crippen molar-refractivity contribution < 1.29 is 28.8 Å². The average Bonchev–Trinajstić information content (AvgIpc) is 3.27. The van der Waals surface area contributed by atoms with Gasteiger partial charge < -0.3 is 21.8 Å². The highest BCUT2D eigenvalue weighted by Crippen LogP contribution is 2.38. The number of carbonyl (C=O) groups excluding carboxylic acids is 6. The molecule has 0 spiro atoms. The number of anilines is 1. The molecule has 1 aromatic heterocycles. The van der Waals surface area contributed by atoms with E-state index < -0.39 is 17.7 Å². The first kappa shape index (κ1) is 37.6. The fourth-order valence-corrected chi connectivity index (χ4v) is 6.23. The third-order valence-electron chi connectivity index (χ3n) is 8.75. The molecule has 0 unspecified atom stereocenters. The molecule has 5 rings (SSSR count). The molecule has 3 aromatic rings. The molecule has 6 N–H and O–H groups in total. The van der Waals surface area contributed by atoms with Crippen molar-refractivity contribution in [3.63, 3.8) is 0 Å². The maximum Gasteiger partial charge on any atom is 0.248 e. The van der Waals surface area contributed by atoms with Gasteiger partial charge in [-0.05, 0) is 86.4 Å². The van der Waals surface area contributed by atoms with E-state index in [2.05, 4.69) is 18.4 Å². The molecule has 10 heteroatoms. The minimum Gasteiger partial charge on any atom is -0.398 e. The lowest BCUT2D eigenvalue weighted by molar-refractivity contribution is -0.142. The van der Waals surface area contributed by atoms with Gasteiger partial charge in [0.1, 0.15) is 17.3 Å². The van der Waals surface area contributed by atoms with Crippen LogP contribution in [0.15, 0.2) is 42.5 Å². The van der Waals surface area contributed by atoms with E-state index in [1.165, 1.54) is 6.92 Å². The van der Waals surface area contributed by atoms with Crippen molar-refractivity contribution >= 4 is 40.6 Å². The average molecular weight is 657 g/mol. The number of amides is 2. The molecule has 256 valence electrons. The standard InChI is InChI=1S/C19H22N2O2.C11H16O3.C8H10N2O/c1-11-5-6-13(18(20)23)8-15(11)21-12(2)7-14-16(21)9-19(3,4)10-17(14)22;1-7(12)4-8-9(13)5-11(2,3)6-10(8)14;1-5-2-3-6(8(10)11)4-7(5)9/h5-8H,9-10H2,1-4H3,(H2,20,23);8H,4-6H2,1-3H3;2-4H,9H2,1H3,(H2,10,11). The Balaban J connectivity index is 0.000000214. The molecule has 1 heterocycles. The molecule has 0 radical (unpaired) electrons. The SMILES string of the molecule is CC(=O)CC1C(=O)CC(C)(C)CC1=O.Cc1ccc(C(N)=O)cc1-n1c(C)cc2c1CC(C)(C)CC2=O.Cc1ccc(C(N)=O)cc1N. The number of hydrogen-bond acceptors (Lipinski definition) is 7. The maximum atomic E-state index is 12.5. The molecule has 0 atom stereocenters. The predicted molar refractivity (Wildman–Crippen MR) is 186 cm³/mol. The van der Waals surface area contributed by atoms with Gasteiger partial charge in [-0.3, -0.25) is 28.8 Å². The van der Waals surface area contributed by atoms with Crippen LogP contribution in [0.3, 0.4) is 0 Å². The van der Waals surface area contributed by atoms with Crippen molar-refractivity contribution in [1.29, 1.82) is 0 Å². The zero-order chi connectivity index (χ0) is 36.3. The third kappa shape index (κ3) is 9.14. The van der Waals surface area contributed by atoms with Crippen LogP contribution in [0.1, 0.15) is 114 Å². The summed E-state index contributed by atoms with van der Waals surface area (Å²) in [6.45, 7) is 15.3. The van der Waals surface area contributed by atoms with Gasteiger partial charge >= 0.3 is 0 Å². The number of rotatable bonds is 5. The molecule has 2 aliphatic rings. The fraction of sp³-hybridized carbons (Fsp3) is 0.421. The van der Waals surface area contributed by atoms with E-state index in [1.807, 2.05) is 52.8 Å². The summed E-state index contributed by atoms with van der Waals surface area (Å²) in [4.78, 5) is 68.6. The summed E-state index contributed by atoms with van der Waals surface area (Å²) < 4.78 is 2.11. The number of aromatic nitrogens is 1. The first-order valence-corrected chi connectivity index (χ1v) is 16.0. The monoisotopic (exact) mass is 656 g/mol. The van der Waals surface area contributed by atoms with Gasteiger partial charge in [-0.2, -0.15) is 0 Å². The van der Waals surface area contributed by atoms with Gasteiger partial charge in [0, 0.05) is 65.1 Å². The Morgan fingerprint density at radius 2 is 1.25 bits per heavy atom. The molecule has 0 bridgehead atoms. The summed E-state index contributed by atoms with van der Waals surface area (Å²) in [5, 5.41) is 0. The smallest absolute Gasteiger partial charge is 0.248 e. The van der Waals surface area contributed by atoms with Crippen LogP contribution in [0.5, 0.6) is 0 Å². The summed E-state index contributed by atoms with van der Waals surface area (Å²) in [7, 11) is 0. The van der Waals surface area contributed by atoms with Crippen LogP contribution in [0.25, 0.3) is 5.69 Å². The molecular weight excluding hydrogens is 608 g/mol. The molecular formula is C38H48N4O6. The first-order valence-electron chi connectivity index (χ1n) is 16.0. The number of nitrogens with two attached hydrogens (primary N) is 3. The van der Waals surface area contributed by atoms with E-state index in [-0.39, 0.29) is 40.4 Å². The van der Waals surface area contributed by atoms with Gasteiger partial charge in [-0.1, -0.05) is 39.8 Å². The van der Waals surface area contributed by atoms with E-state index >= 15 is 0 Å². The van der Waals surface area contributed by atoms with Crippen LogP contribution in [0, 0.1) is 37.5 Å². The van der Waals surface area contributed by atoms with Gasteiger partial charge in [0.15, 0.2) is 5.78 Å². The Kier molecular flexibility index (Phi) is 11.4. The summed E-state index contributed by atoms with van der Waals surface area (Å²) >= 11 is 0. The molecule has 0 saturated heterocycles. The van der Waals surface area contributed by atoms with Gasteiger partial charge in [0.2, 0.25) is 11.8 Å². The van der Waals surface area contributed by atoms with Crippen molar-refractivity contribution in [1.82, 2.24) is 4.57 Å². The molecule has 2 aliphatic carbocycles. The molecule has 10 nitrogen and oxygen atoms in total. The lowest BCUT2D eigenvalue weighted by Crippen LogP contribution is -2.38. The van der Waals surface area contributed by atoms with Gasteiger partial charge in [-0.25, -0.2) is 0 Å². The molecule has 1 fully saturated rings. The van der Waals surface area contributed by atoms with E-state index in [9.17, 15) is 28.8 Å². The van der Waals surface area contributed by atoms with E-state index in [4.69, 9.17) is 17.2 Å². The van der Waals surface area contributed by atoms with Gasteiger partial charge in [0.25, 0.3) is 0 Å². The van der Waals surface area contributed by atoms with Crippen molar-refractivity contribution in [2.45, 2.75) is 87.5 Å².